The first-order valence-electron chi connectivity index (χ1n) is 7.64. The Morgan fingerprint density at radius 1 is 1.09 bits per heavy atom. The summed E-state index contributed by atoms with van der Waals surface area (Å²) in [6, 6.07) is 11.1. The molecule has 0 radical (unpaired) electrons. The number of aryl methyl sites for hydroxylation is 1. The van der Waals surface area contributed by atoms with Gasteiger partial charge in [0, 0.05) is 23.7 Å². The summed E-state index contributed by atoms with van der Waals surface area (Å²) in [5, 5.41) is 1.04. The van der Waals surface area contributed by atoms with Crippen LogP contribution in [0, 0.1) is 0 Å². The molecule has 0 unspecified atom stereocenters. The van der Waals surface area contributed by atoms with Crippen LogP contribution in [0.2, 0.25) is 0 Å². The SMILES string of the molecule is O=C(CCc1ccco1)c1ccc(OCCCCCBr)cc1. The van der Waals surface area contributed by atoms with Crippen LogP contribution in [0.5, 0.6) is 5.75 Å². The number of Topliss-reactive ketones (excluding diaryl/α,β-unsaturated/α-hetero) is 1. The van der Waals surface area contributed by atoms with Gasteiger partial charge in [0.25, 0.3) is 0 Å². The lowest BCUT2D eigenvalue weighted by atomic mass is 10.1. The molecule has 0 saturated carbocycles. The number of ether oxygens (including phenoxy) is 1. The largest absolute Gasteiger partial charge is 0.494 e. The van der Waals surface area contributed by atoms with E-state index in [-0.39, 0.29) is 5.78 Å². The van der Waals surface area contributed by atoms with Crippen molar-refractivity contribution in [3.8, 4) is 5.75 Å². The van der Waals surface area contributed by atoms with Gasteiger partial charge in [-0.05, 0) is 55.7 Å². The standard InChI is InChI=1S/C18H21BrO3/c19-12-2-1-3-13-21-17-8-6-15(7-9-17)18(20)11-10-16-5-4-14-22-16/h4-9,14H,1-3,10-13H2. The van der Waals surface area contributed by atoms with Crippen LogP contribution in [-0.2, 0) is 6.42 Å². The fraction of sp³-hybridized carbons (Fsp3) is 0.389. The highest BCUT2D eigenvalue weighted by Gasteiger charge is 2.07. The van der Waals surface area contributed by atoms with Gasteiger partial charge in [0.2, 0.25) is 0 Å². The van der Waals surface area contributed by atoms with E-state index >= 15 is 0 Å². The molecular formula is C18H21BrO3. The Labute approximate surface area is 139 Å². The first-order chi connectivity index (χ1) is 10.8. The molecule has 1 heterocycles. The number of carbonyl (C=O) groups is 1. The van der Waals surface area contributed by atoms with Crippen molar-refractivity contribution in [1.82, 2.24) is 0 Å². The van der Waals surface area contributed by atoms with E-state index in [0.29, 0.717) is 12.8 Å². The molecule has 0 aliphatic carbocycles. The van der Waals surface area contributed by atoms with Gasteiger partial charge in [0.05, 0.1) is 12.9 Å². The highest BCUT2D eigenvalue weighted by atomic mass is 79.9. The van der Waals surface area contributed by atoms with Gasteiger partial charge in [0.1, 0.15) is 11.5 Å². The molecule has 4 heteroatoms. The minimum Gasteiger partial charge on any atom is -0.494 e. The maximum absolute atomic E-state index is 12.1. The molecule has 2 aromatic rings. The Bertz CT molecular complexity index is 546. The van der Waals surface area contributed by atoms with E-state index in [1.54, 1.807) is 6.26 Å². The summed E-state index contributed by atoms with van der Waals surface area (Å²) in [4.78, 5) is 12.1. The van der Waals surface area contributed by atoms with Crippen LogP contribution in [0.25, 0.3) is 0 Å². The van der Waals surface area contributed by atoms with Gasteiger partial charge in [-0.2, -0.15) is 0 Å². The van der Waals surface area contributed by atoms with Crippen LogP contribution in [-0.4, -0.2) is 17.7 Å². The van der Waals surface area contributed by atoms with Gasteiger partial charge < -0.3 is 9.15 Å². The molecule has 3 nitrogen and oxygen atoms in total. The number of rotatable bonds is 10. The average molecular weight is 365 g/mol. The Balaban J connectivity index is 1.74. The van der Waals surface area contributed by atoms with Crippen molar-refractivity contribution in [1.29, 1.82) is 0 Å². The molecule has 0 amide bonds. The van der Waals surface area contributed by atoms with E-state index in [2.05, 4.69) is 15.9 Å². The van der Waals surface area contributed by atoms with Gasteiger partial charge in [-0.25, -0.2) is 0 Å². The minimum absolute atomic E-state index is 0.125. The quantitative estimate of drug-likeness (QED) is 0.336. The van der Waals surface area contributed by atoms with E-state index in [1.165, 1.54) is 6.42 Å². The molecule has 2 rings (SSSR count). The van der Waals surface area contributed by atoms with Crippen molar-refractivity contribution in [2.75, 3.05) is 11.9 Å². The van der Waals surface area contributed by atoms with Gasteiger partial charge in [-0.3, -0.25) is 4.79 Å². The molecule has 0 fully saturated rings. The monoisotopic (exact) mass is 364 g/mol. The second-order valence-corrected chi connectivity index (χ2v) is 5.92. The number of furan rings is 1. The van der Waals surface area contributed by atoms with E-state index < -0.39 is 0 Å². The predicted octanol–water partition coefficient (Wildman–Crippen LogP) is 5.04. The predicted molar refractivity (Wildman–Crippen MR) is 90.9 cm³/mol. The summed E-state index contributed by atoms with van der Waals surface area (Å²) in [5.74, 6) is 1.79. The van der Waals surface area contributed by atoms with Gasteiger partial charge in [-0.1, -0.05) is 15.9 Å². The van der Waals surface area contributed by atoms with Crippen LogP contribution in [0.1, 0.15) is 41.8 Å². The summed E-state index contributed by atoms with van der Waals surface area (Å²) in [6.07, 6.45) is 6.11. The van der Waals surface area contributed by atoms with Crippen molar-refractivity contribution in [3.63, 3.8) is 0 Å². The molecule has 0 aliphatic rings. The second kappa shape index (κ2) is 9.46. The van der Waals surface area contributed by atoms with Crippen LogP contribution in [0.3, 0.4) is 0 Å². The van der Waals surface area contributed by atoms with Gasteiger partial charge >= 0.3 is 0 Å². The van der Waals surface area contributed by atoms with Crippen molar-refractivity contribution in [2.24, 2.45) is 0 Å². The molecule has 22 heavy (non-hydrogen) atoms. The van der Waals surface area contributed by atoms with E-state index in [0.717, 1.165) is 41.9 Å². The summed E-state index contributed by atoms with van der Waals surface area (Å²) in [6.45, 7) is 0.721. The Hall–Kier alpha value is -1.55. The highest BCUT2D eigenvalue weighted by Crippen LogP contribution is 2.15. The molecular weight excluding hydrogens is 344 g/mol. The van der Waals surface area contributed by atoms with Crippen LogP contribution >= 0.6 is 15.9 Å². The molecule has 118 valence electrons. The topological polar surface area (TPSA) is 39.4 Å². The fourth-order valence-electron chi connectivity index (χ4n) is 2.14. The zero-order chi connectivity index (χ0) is 15.6. The summed E-state index contributed by atoms with van der Waals surface area (Å²) in [5.41, 5.74) is 0.721. The van der Waals surface area contributed by atoms with Crippen LogP contribution in [0.4, 0.5) is 0 Å². The summed E-state index contributed by atoms with van der Waals surface area (Å²) < 4.78 is 10.9. The first kappa shape index (κ1) is 16.8. The average Bonchev–Trinajstić information content (AvgIpc) is 3.06. The first-order valence-corrected chi connectivity index (χ1v) is 8.76. The number of benzene rings is 1. The number of unbranched alkanes of at least 4 members (excludes halogenated alkanes) is 2. The Kier molecular flexibility index (Phi) is 7.23. The minimum atomic E-state index is 0.125. The van der Waals surface area contributed by atoms with E-state index in [4.69, 9.17) is 9.15 Å². The number of hydrogen-bond donors (Lipinski definition) is 0. The molecule has 0 spiro atoms. The molecule has 1 aromatic heterocycles. The van der Waals surface area contributed by atoms with Gasteiger partial charge in [0.15, 0.2) is 5.78 Å². The highest BCUT2D eigenvalue weighted by molar-refractivity contribution is 9.09. The zero-order valence-electron chi connectivity index (χ0n) is 12.6. The lowest BCUT2D eigenvalue weighted by Gasteiger charge is -2.06. The van der Waals surface area contributed by atoms with E-state index in [1.807, 2.05) is 36.4 Å². The third kappa shape index (κ3) is 5.68. The summed E-state index contributed by atoms with van der Waals surface area (Å²) >= 11 is 3.41. The van der Waals surface area contributed by atoms with Crippen molar-refractivity contribution >= 4 is 21.7 Å². The normalized spacial score (nSPS) is 10.6. The van der Waals surface area contributed by atoms with E-state index in [9.17, 15) is 4.79 Å². The zero-order valence-corrected chi connectivity index (χ0v) is 14.2. The number of hydrogen-bond acceptors (Lipinski definition) is 3. The molecule has 0 N–H and O–H groups in total. The molecule has 1 aromatic carbocycles. The lowest BCUT2D eigenvalue weighted by molar-refractivity contribution is 0.0981. The Morgan fingerprint density at radius 3 is 2.59 bits per heavy atom. The van der Waals surface area contributed by atoms with Crippen LogP contribution < -0.4 is 4.74 Å². The van der Waals surface area contributed by atoms with Gasteiger partial charge in [-0.15, -0.1) is 0 Å². The molecule has 0 bridgehead atoms. The third-order valence-corrected chi connectivity index (χ3v) is 3.96. The second-order valence-electron chi connectivity index (χ2n) is 5.13. The third-order valence-electron chi connectivity index (χ3n) is 3.40. The maximum Gasteiger partial charge on any atom is 0.163 e. The number of carbonyl (C=O) groups excluding carboxylic acids is 1. The van der Waals surface area contributed by atoms with Crippen molar-refractivity contribution in [2.45, 2.75) is 32.1 Å². The molecule has 0 aliphatic heterocycles. The lowest BCUT2D eigenvalue weighted by Crippen LogP contribution is -2.02. The number of ketones is 1. The Morgan fingerprint density at radius 2 is 1.91 bits per heavy atom. The maximum atomic E-state index is 12.1. The fourth-order valence-corrected chi connectivity index (χ4v) is 2.53. The van der Waals surface area contributed by atoms with Crippen molar-refractivity contribution in [3.05, 3.63) is 54.0 Å². The molecule has 0 saturated heterocycles. The molecule has 0 atom stereocenters. The van der Waals surface area contributed by atoms with Crippen LogP contribution in [0.15, 0.2) is 47.1 Å². The number of alkyl halides is 1. The van der Waals surface area contributed by atoms with Crippen molar-refractivity contribution < 1.29 is 13.9 Å². The summed E-state index contributed by atoms with van der Waals surface area (Å²) in [7, 11) is 0. The number of halogens is 1. The smallest absolute Gasteiger partial charge is 0.163 e.